The van der Waals surface area contributed by atoms with Crippen molar-refractivity contribution in [2.24, 2.45) is 0 Å². The molecular weight excluding hydrogens is 255 g/mol. The number of nitro groups is 1. The zero-order valence-corrected chi connectivity index (χ0v) is 10.1. The summed E-state index contributed by atoms with van der Waals surface area (Å²) in [6.45, 7) is 0.143. The number of benzene rings is 1. The van der Waals surface area contributed by atoms with Gasteiger partial charge in [0.15, 0.2) is 0 Å². The van der Waals surface area contributed by atoms with E-state index in [0.29, 0.717) is 0 Å². The Balaban J connectivity index is 2.32. The van der Waals surface area contributed by atoms with E-state index in [1.54, 1.807) is 4.90 Å². The van der Waals surface area contributed by atoms with Crippen molar-refractivity contribution in [3.8, 4) is 0 Å². The monoisotopic (exact) mass is 268 g/mol. The lowest BCUT2D eigenvalue weighted by Crippen LogP contribution is -2.29. The van der Waals surface area contributed by atoms with Gasteiger partial charge >= 0.3 is 5.97 Å². The third-order valence-electron chi connectivity index (χ3n) is 3.00. The molecule has 0 spiro atoms. The number of halogens is 1. The van der Waals surface area contributed by atoms with Gasteiger partial charge in [-0.3, -0.25) is 14.9 Å². The van der Waals surface area contributed by atoms with Crippen LogP contribution in [0.4, 0.5) is 15.8 Å². The number of carboxylic acid groups (broad SMARTS) is 1. The highest BCUT2D eigenvalue weighted by atomic mass is 19.1. The van der Waals surface area contributed by atoms with Crippen LogP contribution in [0.1, 0.15) is 19.3 Å². The highest BCUT2D eigenvalue weighted by Gasteiger charge is 2.33. The molecule has 1 aliphatic rings. The fourth-order valence-corrected chi connectivity index (χ4v) is 1.98. The van der Waals surface area contributed by atoms with Gasteiger partial charge in [0.25, 0.3) is 5.69 Å². The summed E-state index contributed by atoms with van der Waals surface area (Å²) in [5.74, 6) is -1.55. The second-order valence-electron chi connectivity index (χ2n) is 4.46. The average Bonchev–Trinajstić information content (AvgIpc) is 3.13. The van der Waals surface area contributed by atoms with Crippen LogP contribution in [-0.2, 0) is 4.79 Å². The molecule has 1 fully saturated rings. The summed E-state index contributed by atoms with van der Waals surface area (Å²) < 4.78 is 13.3. The van der Waals surface area contributed by atoms with Crippen LogP contribution >= 0.6 is 0 Å². The van der Waals surface area contributed by atoms with E-state index in [0.717, 1.165) is 31.0 Å². The van der Waals surface area contributed by atoms with E-state index in [9.17, 15) is 19.3 Å². The van der Waals surface area contributed by atoms with Crippen molar-refractivity contribution >= 4 is 17.3 Å². The van der Waals surface area contributed by atoms with E-state index in [2.05, 4.69) is 0 Å². The van der Waals surface area contributed by atoms with Crippen LogP contribution in [0.2, 0.25) is 0 Å². The van der Waals surface area contributed by atoms with Crippen molar-refractivity contribution < 1.29 is 19.2 Å². The zero-order chi connectivity index (χ0) is 14.0. The van der Waals surface area contributed by atoms with Crippen molar-refractivity contribution in [3.05, 3.63) is 34.1 Å². The number of carbonyl (C=O) groups is 1. The van der Waals surface area contributed by atoms with Gasteiger partial charge in [-0.25, -0.2) is 4.39 Å². The van der Waals surface area contributed by atoms with Crippen LogP contribution in [-0.4, -0.2) is 28.6 Å². The quantitative estimate of drug-likeness (QED) is 0.631. The van der Waals surface area contributed by atoms with Crippen LogP contribution < -0.4 is 4.90 Å². The van der Waals surface area contributed by atoms with Crippen LogP contribution in [0.25, 0.3) is 0 Å². The number of carboxylic acids is 1. The largest absolute Gasteiger partial charge is 0.481 e. The summed E-state index contributed by atoms with van der Waals surface area (Å²) in [7, 11) is 0. The van der Waals surface area contributed by atoms with Gasteiger partial charge in [-0.05, 0) is 18.9 Å². The Hall–Kier alpha value is -2.18. The molecule has 0 heterocycles. The fraction of sp³-hybridized carbons (Fsp3) is 0.417. The van der Waals surface area contributed by atoms with Gasteiger partial charge in [-0.15, -0.1) is 0 Å². The first kappa shape index (κ1) is 13.3. The Labute approximate surface area is 108 Å². The lowest BCUT2D eigenvalue weighted by Gasteiger charge is -2.23. The first-order chi connectivity index (χ1) is 8.99. The third-order valence-corrected chi connectivity index (χ3v) is 3.00. The van der Waals surface area contributed by atoms with Crippen molar-refractivity contribution in [3.63, 3.8) is 0 Å². The third kappa shape index (κ3) is 3.18. The first-order valence-corrected chi connectivity index (χ1v) is 5.91. The van der Waals surface area contributed by atoms with Crippen molar-refractivity contribution in [1.29, 1.82) is 0 Å². The van der Waals surface area contributed by atoms with E-state index in [4.69, 9.17) is 5.11 Å². The maximum absolute atomic E-state index is 13.3. The predicted molar refractivity (Wildman–Crippen MR) is 65.7 cm³/mol. The van der Waals surface area contributed by atoms with E-state index < -0.39 is 16.7 Å². The minimum absolute atomic E-state index is 0.0693. The van der Waals surface area contributed by atoms with Gasteiger partial charge in [0, 0.05) is 24.7 Å². The van der Waals surface area contributed by atoms with Crippen molar-refractivity contribution in [2.45, 2.75) is 25.3 Å². The molecule has 2 rings (SSSR count). The summed E-state index contributed by atoms with van der Waals surface area (Å²) in [5.41, 5.74) is -0.0348. The summed E-state index contributed by atoms with van der Waals surface area (Å²) in [5, 5.41) is 19.7. The van der Waals surface area contributed by atoms with Gasteiger partial charge in [-0.2, -0.15) is 0 Å². The molecule has 0 saturated heterocycles. The smallest absolute Gasteiger partial charge is 0.305 e. The van der Waals surface area contributed by atoms with E-state index in [1.807, 2.05) is 0 Å². The molecule has 6 nitrogen and oxygen atoms in total. The molecule has 0 amide bonds. The van der Waals surface area contributed by atoms with Gasteiger partial charge in [0.1, 0.15) is 11.5 Å². The number of hydrogen-bond acceptors (Lipinski definition) is 4. The predicted octanol–water partition coefficient (Wildman–Crippen LogP) is 2.18. The molecule has 1 aliphatic carbocycles. The zero-order valence-electron chi connectivity index (χ0n) is 10.1. The molecule has 0 radical (unpaired) electrons. The molecular formula is C12H13FN2O4. The Morgan fingerprint density at radius 1 is 1.53 bits per heavy atom. The normalized spacial score (nSPS) is 14.2. The molecule has 0 bridgehead atoms. The first-order valence-electron chi connectivity index (χ1n) is 5.91. The minimum Gasteiger partial charge on any atom is -0.481 e. The summed E-state index contributed by atoms with van der Waals surface area (Å²) >= 11 is 0. The highest BCUT2D eigenvalue weighted by Crippen LogP contribution is 2.37. The Morgan fingerprint density at radius 3 is 2.74 bits per heavy atom. The molecule has 1 N–H and O–H groups in total. The summed E-state index contributed by atoms with van der Waals surface area (Å²) in [4.78, 5) is 22.6. The van der Waals surface area contributed by atoms with Crippen LogP contribution in [0, 0.1) is 15.9 Å². The molecule has 102 valence electrons. The molecule has 0 aromatic heterocycles. The molecule has 7 heteroatoms. The van der Waals surface area contributed by atoms with Crippen molar-refractivity contribution in [2.75, 3.05) is 11.4 Å². The van der Waals surface area contributed by atoms with E-state index in [1.165, 1.54) is 0 Å². The summed E-state index contributed by atoms with van der Waals surface area (Å²) in [6.07, 6.45) is 1.55. The van der Waals surface area contributed by atoms with Gasteiger partial charge < -0.3 is 10.0 Å². The number of hydrogen-bond donors (Lipinski definition) is 1. The second kappa shape index (κ2) is 5.21. The lowest BCUT2D eigenvalue weighted by atomic mass is 10.2. The topological polar surface area (TPSA) is 83.7 Å². The minimum atomic E-state index is -0.982. The van der Waals surface area contributed by atoms with Gasteiger partial charge in [-0.1, -0.05) is 0 Å². The number of anilines is 1. The maximum atomic E-state index is 13.3. The van der Waals surface area contributed by atoms with E-state index in [-0.39, 0.29) is 30.4 Å². The fourth-order valence-electron chi connectivity index (χ4n) is 1.98. The number of aliphatic carboxylic acids is 1. The number of nitrogens with zero attached hydrogens (tertiary/aromatic N) is 2. The molecule has 0 unspecified atom stereocenters. The molecule has 1 aromatic rings. The number of rotatable bonds is 6. The second-order valence-corrected chi connectivity index (χ2v) is 4.46. The Bertz CT molecular complexity index is 516. The molecule has 19 heavy (non-hydrogen) atoms. The summed E-state index contributed by atoms with van der Waals surface area (Å²) in [6, 6.07) is 3.31. The lowest BCUT2D eigenvalue weighted by molar-refractivity contribution is -0.384. The van der Waals surface area contributed by atoms with Crippen LogP contribution in [0.5, 0.6) is 0 Å². The standard InChI is InChI=1S/C12H13FN2O4/c13-8-1-4-10(15(18)19)11(7-8)14(9-2-3-9)6-5-12(16)17/h1,4,7,9H,2-3,5-6H2,(H,16,17). The van der Waals surface area contributed by atoms with Crippen LogP contribution in [0.15, 0.2) is 18.2 Å². The Morgan fingerprint density at radius 2 is 2.21 bits per heavy atom. The van der Waals surface area contributed by atoms with Crippen molar-refractivity contribution in [1.82, 2.24) is 0 Å². The molecule has 1 aromatic carbocycles. The van der Waals surface area contributed by atoms with Crippen LogP contribution in [0.3, 0.4) is 0 Å². The Kier molecular flexibility index (Phi) is 3.64. The average molecular weight is 268 g/mol. The SMILES string of the molecule is O=C(O)CCN(c1cc(F)ccc1[N+](=O)[O-])C1CC1. The van der Waals surface area contributed by atoms with Gasteiger partial charge in [0.2, 0.25) is 0 Å². The molecule has 1 saturated carbocycles. The highest BCUT2D eigenvalue weighted by molar-refractivity contribution is 5.69. The van der Waals surface area contributed by atoms with Gasteiger partial charge in [0.05, 0.1) is 11.3 Å². The van der Waals surface area contributed by atoms with E-state index >= 15 is 0 Å². The molecule has 0 atom stereocenters. The molecule has 0 aliphatic heterocycles. The number of nitro benzene ring substituents is 1. The maximum Gasteiger partial charge on any atom is 0.305 e.